The molecular formula is C22H17F3N2O3. The van der Waals surface area contributed by atoms with E-state index in [9.17, 15) is 22.8 Å². The monoisotopic (exact) mass is 414 g/mol. The van der Waals surface area contributed by atoms with Crippen LogP contribution in [0.25, 0.3) is 10.9 Å². The lowest BCUT2D eigenvalue weighted by atomic mass is 10.0. The summed E-state index contributed by atoms with van der Waals surface area (Å²) in [4.78, 5) is 29.5. The average Bonchev–Trinajstić information content (AvgIpc) is 3.18. The Bertz CT molecular complexity index is 1120. The van der Waals surface area contributed by atoms with Gasteiger partial charge in [-0.25, -0.2) is 4.79 Å². The molecule has 1 aromatic heterocycles. The molecular weight excluding hydrogens is 397 g/mol. The second-order valence-corrected chi connectivity index (χ2v) is 6.98. The fraction of sp³-hybridized carbons (Fsp3) is 0.227. The number of alkyl halides is 3. The van der Waals surface area contributed by atoms with Crippen LogP contribution in [0.15, 0.2) is 48.5 Å². The number of pyridine rings is 1. The summed E-state index contributed by atoms with van der Waals surface area (Å²) in [6.45, 7) is -0.550. The van der Waals surface area contributed by atoms with E-state index in [-0.39, 0.29) is 5.69 Å². The Labute approximate surface area is 169 Å². The number of rotatable bonds is 4. The molecule has 1 amide bonds. The van der Waals surface area contributed by atoms with Gasteiger partial charge in [0.15, 0.2) is 6.61 Å². The molecule has 0 saturated carbocycles. The number of esters is 1. The molecule has 1 N–H and O–H groups in total. The van der Waals surface area contributed by atoms with Crippen LogP contribution in [0.1, 0.15) is 33.6 Å². The van der Waals surface area contributed by atoms with Crippen molar-refractivity contribution in [2.45, 2.75) is 25.4 Å². The van der Waals surface area contributed by atoms with E-state index in [1.807, 2.05) is 12.1 Å². The first-order valence-electron chi connectivity index (χ1n) is 9.37. The molecule has 5 nitrogen and oxygen atoms in total. The topological polar surface area (TPSA) is 68.3 Å². The van der Waals surface area contributed by atoms with Gasteiger partial charge in [0.05, 0.1) is 16.6 Å². The summed E-state index contributed by atoms with van der Waals surface area (Å²) in [5.74, 6) is -1.26. The number of anilines is 1. The first-order chi connectivity index (χ1) is 14.3. The van der Waals surface area contributed by atoms with E-state index in [0.717, 1.165) is 54.8 Å². The molecule has 8 heteroatoms. The van der Waals surface area contributed by atoms with E-state index in [2.05, 4.69) is 10.3 Å². The van der Waals surface area contributed by atoms with Gasteiger partial charge >= 0.3 is 12.1 Å². The van der Waals surface area contributed by atoms with E-state index in [1.165, 1.54) is 0 Å². The molecule has 0 radical (unpaired) electrons. The predicted octanol–water partition coefficient (Wildman–Crippen LogP) is 4.54. The lowest BCUT2D eigenvalue weighted by Gasteiger charge is -2.12. The Balaban J connectivity index is 1.46. The number of benzene rings is 2. The minimum absolute atomic E-state index is 0.180. The molecule has 154 valence electrons. The van der Waals surface area contributed by atoms with Gasteiger partial charge in [-0.2, -0.15) is 13.2 Å². The number of aryl methyl sites for hydroxylation is 1. The number of ether oxygens (including phenoxy) is 1. The van der Waals surface area contributed by atoms with Crippen molar-refractivity contribution in [3.8, 4) is 0 Å². The van der Waals surface area contributed by atoms with Gasteiger partial charge in [-0.3, -0.25) is 9.78 Å². The Hall–Kier alpha value is -3.42. The van der Waals surface area contributed by atoms with Crippen molar-refractivity contribution in [1.29, 1.82) is 0 Å². The molecule has 1 aliphatic carbocycles. The van der Waals surface area contributed by atoms with Crippen molar-refractivity contribution in [3.63, 3.8) is 0 Å². The average molecular weight is 414 g/mol. The number of amides is 1. The molecule has 3 aromatic rings. The Kier molecular flexibility index (Phi) is 5.15. The van der Waals surface area contributed by atoms with E-state index in [0.29, 0.717) is 16.5 Å². The number of carbonyl (C=O) groups is 2. The highest BCUT2D eigenvalue weighted by molar-refractivity contribution is 6.06. The number of aromatic nitrogens is 1. The molecule has 30 heavy (non-hydrogen) atoms. The van der Waals surface area contributed by atoms with Gasteiger partial charge in [0, 0.05) is 16.8 Å². The third-order valence-corrected chi connectivity index (χ3v) is 4.95. The molecule has 4 rings (SSSR count). The van der Waals surface area contributed by atoms with Gasteiger partial charge in [0.1, 0.15) is 0 Å². The van der Waals surface area contributed by atoms with Crippen molar-refractivity contribution >= 4 is 28.5 Å². The molecule has 0 saturated heterocycles. The molecule has 2 aromatic carbocycles. The number of para-hydroxylation sites is 1. The number of nitrogens with zero attached hydrogens (tertiary/aromatic N) is 1. The zero-order chi connectivity index (χ0) is 21.3. The minimum atomic E-state index is -4.45. The van der Waals surface area contributed by atoms with Crippen LogP contribution in [0, 0.1) is 0 Å². The van der Waals surface area contributed by atoms with Crippen molar-refractivity contribution in [3.05, 3.63) is 70.9 Å². The van der Waals surface area contributed by atoms with Crippen LogP contribution in [-0.2, 0) is 28.5 Å². The predicted molar refractivity (Wildman–Crippen MR) is 104 cm³/mol. The zero-order valence-electron chi connectivity index (χ0n) is 15.8. The Morgan fingerprint density at radius 1 is 1.03 bits per heavy atom. The fourth-order valence-corrected chi connectivity index (χ4v) is 3.59. The quantitative estimate of drug-likeness (QED) is 0.637. The smallest absolute Gasteiger partial charge is 0.416 e. The lowest BCUT2D eigenvalue weighted by molar-refractivity contribution is -0.137. The van der Waals surface area contributed by atoms with Crippen LogP contribution in [0.3, 0.4) is 0 Å². The molecule has 1 aliphatic rings. The highest BCUT2D eigenvalue weighted by Gasteiger charge is 2.30. The molecule has 1 heterocycles. The molecule has 0 fully saturated rings. The Morgan fingerprint density at radius 3 is 2.50 bits per heavy atom. The maximum Gasteiger partial charge on any atom is 0.416 e. The molecule has 0 bridgehead atoms. The summed E-state index contributed by atoms with van der Waals surface area (Å²) in [7, 11) is 0. The van der Waals surface area contributed by atoms with Gasteiger partial charge in [0.2, 0.25) is 0 Å². The van der Waals surface area contributed by atoms with Crippen LogP contribution < -0.4 is 5.32 Å². The van der Waals surface area contributed by atoms with Crippen molar-refractivity contribution in [1.82, 2.24) is 4.98 Å². The van der Waals surface area contributed by atoms with Gasteiger partial charge in [0.25, 0.3) is 5.91 Å². The van der Waals surface area contributed by atoms with Gasteiger partial charge in [-0.05, 0) is 55.2 Å². The zero-order valence-corrected chi connectivity index (χ0v) is 15.8. The second kappa shape index (κ2) is 7.78. The van der Waals surface area contributed by atoms with Crippen LogP contribution in [0.5, 0.6) is 0 Å². The number of fused-ring (bicyclic) bond motifs is 2. The molecule has 0 unspecified atom stereocenters. The minimum Gasteiger partial charge on any atom is -0.452 e. The molecule has 0 atom stereocenters. The SMILES string of the molecule is O=C(COC(=O)c1c2c(nc3ccccc13)CCC2)Nc1ccc(C(F)(F)F)cc1. The summed E-state index contributed by atoms with van der Waals surface area (Å²) < 4.78 is 43.0. The summed E-state index contributed by atoms with van der Waals surface area (Å²) >= 11 is 0. The van der Waals surface area contributed by atoms with Gasteiger partial charge in [-0.15, -0.1) is 0 Å². The summed E-state index contributed by atoms with van der Waals surface area (Å²) in [5.41, 5.74) is 2.20. The lowest BCUT2D eigenvalue weighted by Crippen LogP contribution is -2.22. The van der Waals surface area contributed by atoms with E-state index < -0.39 is 30.2 Å². The maximum absolute atomic E-state index is 12.8. The van der Waals surface area contributed by atoms with E-state index >= 15 is 0 Å². The number of hydrogen-bond acceptors (Lipinski definition) is 4. The number of hydrogen-bond donors (Lipinski definition) is 1. The highest BCUT2D eigenvalue weighted by atomic mass is 19.4. The van der Waals surface area contributed by atoms with Crippen LogP contribution in [0.4, 0.5) is 18.9 Å². The number of nitrogens with one attached hydrogen (secondary N) is 1. The van der Waals surface area contributed by atoms with Crippen LogP contribution in [-0.4, -0.2) is 23.5 Å². The van der Waals surface area contributed by atoms with Crippen molar-refractivity contribution in [2.24, 2.45) is 0 Å². The molecule has 0 aliphatic heterocycles. The molecule has 0 spiro atoms. The summed E-state index contributed by atoms with van der Waals surface area (Å²) in [6, 6.07) is 11.3. The van der Waals surface area contributed by atoms with Gasteiger partial charge in [-0.1, -0.05) is 18.2 Å². The third kappa shape index (κ3) is 3.98. The number of carbonyl (C=O) groups excluding carboxylic acids is 2. The first-order valence-corrected chi connectivity index (χ1v) is 9.37. The number of halogens is 3. The van der Waals surface area contributed by atoms with Crippen molar-refractivity contribution in [2.75, 3.05) is 11.9 Å². The van der Waals surface area contributed by atoms with Gasteiger partial charge < -0.3 is 10.1 Å². The summed E-state index contributed by atoms with van der Waals surface area (Å²) in [6.07, 6.45) is -2.05. The first kappa shape index (κ1) is 19.9. The standard InChI is InChI=1S/C22H17F3N2O3/c23-22(24,25)13-8-10-14(11-9-13)26-19(28)12-30-21(29)20-15-4-1-2-6-17(15)27-18-7-3-5-16(18)20/h1-2,4,6,8-11H,3,5,7,12H2,(H,26,28). The largest absolute Gasteiger partial charge is 0.452 e. The fourth-order valence-electron chi connectivity index (χ4n) is 3.59. The normalized spacial score (nSPS) is 13.2. The summed E-state index contributed by atoms with van der Waals surface area (Å²) in [5, 5.41) is 3.09. The van der Waals surface area contributed by atoms with Crippen molar-refractivity contribution < 1.29 is 27.5 Å². The highest BCUT2D eigenvalue weighted by Crippen LogP contribution is 2.31. The third-order valence-electron chi connectivity index (χ3n) is 4.95. The Morgan fingerprint density at radius 2 is 1.77 bits per heavy atom. The van der Waals surface area contributed by atoms with Crippen LogP contribution >= 0.6 is 0 Å². The van der Waals surface area contributed by atoms with E-state index in [1.54, 1.807) is 12.1 Å². The second-order valence-electron chi connectivity index (χ2n) is 6.98. The van der Waals surface area contributed by atoms with E-state index in [4.69, 9.17) is 4.74 Å². The van der Waals surface area contributed by atoms with Crippen LogP contribution in [0.2, 0.25) is 0 Å². The maximum atomic E-state index is 12.8.